The number of nitrogens with zero attached hydrogens (tertiary/aromatic N) is 1. The third-order valence-electron chi connectivity index (χ3n) is 5.13. The topological polar surface area (TPSA) is 114 Å². The maximum atomic E-state index is 13.0. The third-order valence-corrected chi connectivity index (χ3v) is 5.13. The number of amides is 4. The number of imide groups is 1. The zero-order valence-electron chi connectivity index (χ0n) is 17.6. The minimum atomic E-state index is -1.34. The van der Waals surface area contributed by atoms with Crippen LogP contribution in [-0.4, -0.2) is 42.9 Å². The van der Waals surface area contributed by atoms with Crippen LogP contribution in [0.3, 0.4) is 0 Å². The molecule has 1 aliphatic rings. The highest BCUT2D eigenvalue weighted by Gasteiger charge is 2.50. The molecule has 162 valence electrons. The highest BCUT2D eigenvalue weighted by atomic mass is 16.5. The minimum Gasteiger partial charge on any atom is -0.497 e. The van der Waals surface area contributed by atoms with E-state index in [2.05, 4.69) is 10.7 Å². The lowest BCUT2D eigenvalue weighted by Crippen LogP contribution is -2.48. The molecule has 0 radical (unpaired) electrons. The van der Waals surface area contributed by atoms with Crippen molar-refractivity contribution in [2.45, 2.75) is 25.8 Å². The monoisotopic (exact) mass is 425 g/mol. The van der Waals surface area contributed by atoms with Crippen LogP contribution >= 0.6 is 0 Å². The van der Waals surface area contributed by atoms with Crippen molar-refractivity contribution in [2.24, 2.45) is 0 Å². The summed E-state index contributed by atoms with van der Waals surface area (Å²) >= 11 is 0. The molecule has 1 saturated heterocycles. The fourth-order valence-corrected chi connectivity index (χ4v) is 3.33. The number of carbonyl (C=O) groups is 4. The van der Waals surface area contributed by atoms with Gasteiger partial charge in [0.2, 0.25) is 5.91 Å². The molecule has 2 N–H and O–H groups in total. The van der Waals surface area contributed by atoms with Crippen molar-refractivity contribution in [1.82, 2.24) is 15.8 Å². The Morgan fingerprint density at radius 1 is 1.06 bits per heavy atom. The van der Waals surface area contributed by atoms with Crippen molar-refractivity contribution in [2.75, 3.05) is 14.2 Å². The average Bonchev–Trinajstić information content (AvgIpc) is 2.97. The predicted octanol–water partition coefficient (Wildman–Crippen LogP) is 1.95. The molecule has 4 amide bonds. The van der Waals surface area contributed by atoms with Crippen LogP contribution in [0.5, 0.6) is 11.5 Å². The molecule has 1 fully saturated rings. The van der Waals surface area contributed by atoms with Gasteiger partial charge < -0.3 is 14.8 Å². The van der Waals surface area contributed by atoms with E-state index in [0.717, 1.165) is 0 Å². The van der Waals surface area contributed by atoms with E-state index in [0.29, 0.717) is 33.2 Å². The number of benzene rings is 2. The zero-order chi connectivity index (χ0) is 22.8. The average molecular weight is 425 g/mol. The first-order valence-corrected chi connectivity index (χ1v) is 9.48. The standard InChI is InChI=1S/C22H23N3O6/c1-13(26)14-5-10-18(31-4)15(11-14)12-19(27)24-25-20(28)22(2,23-21(25)29)16-6-8-17(30-3)9-7-16/h5-11H,12H2,1-4H3,(H,23,29)(H,24,27)/t22-/m1/s1. The number of nitrogens with one attached hydrogen (secondary N) is 2. The SMILES string of the molecule is COc1ccc([C@@]2(C)NC(=O)N(NC(=O)Cc3cc(C(C)=O)ccc3OC)C2=O)cc1. The molecule has 0 saturated carbocycles. The summed E-state index contributed by atoms with van der Waals surface area (Å²) in [6.07, 6.45) is -0.194. The quantitative estimate of drug-likeness (QED) is 0.518. The van der Waals surface area contributed by atoms with Crippen LogP contribution in [0, 0.1) is 0 Å². The molecule has 0 aromatic heterocycles. The Balaban J connectivity index is 1.77. The lowest BCUT2D eigenvalue weighted by molar-refractivity contribution is -0.138. The highest BCUT2D eigenvalue weighted by Crippen LogP contribution is 2.29. The largest absolute Gasteiger partial charge is 0.497 e. The van der Waals surface area contributed by atoms with E-state index >= 15 is 0 Å². The number of ketones is 1. The van der Waals surface area contributed by atoms with Gasteiger partial charge in [-0.3, -0.25) is 19.8 Å². The summed E-state index contributed by atoms with van der Waals surface area (Å²) in [7, 11) is 2.97. The van der Waals surface area contributed by atoms with Crippen molar-refractivity contribution < 1.29 is 28.7 Å². The molecule has 2 aromatic carbocycles. The molecule has 0 unspecified atom stereocenters. The van der Waals surface area contributed by atoms with Crippen molar-refractivity contribution in [3.8, 4) is 11.5 Å². The summed E-state index contributed by atoms with van der Waals surface area (Å²) in [5, 5.41) is 3.27. The molecule has 2 aromatic rings. The number of hydrogen-bond donors (Lipinski definition) is 2. The van der Waals surface area contributed by atoms with E-state index in [-0.39, 0.29) is 12.2 Å². The van der Waals surface area contributed by atoms with Gasteiger partial charge in [0.25, 0.3) is 5.91 Å². The summed E-state index contributed by atoms with van der Waals surface area (Å²) in [4.78, 5) is 49.6. The summed E-state index contributed by atoms with van der Waals surface area (Å²) in [6.45, 7) is 2.97. The number of hydrogen-bond acceptors (Lipinski definition) is 6. The molecule has 3 rings (SSSR count). The first-order chi connectivity index (χ1) is 14.7. The van der Waals surface area contributed by atoms with Gasteiger partial charge in [-0.25, -0.2) is 4.79 Å². The number of carbonyl (C=O) groups excluding carboxylic acids is 4. The smallest absolute Gasteiger partial charge is 0.344 e. The first kappa shape index (κ1) is 21.8. The van der Waals surface area contributed by atoms with Crippen LogP contribution in [0.4, 0.5) is 4.79 Å². The lowest BCUT2D eigenvalue weighted by atomic mass is 9.92. The van der Waals surface area contributed by atoms with Gasteiger partial charge in [-0.1, -0.05) is 12.1 Å². The van der Waals surface area contributed by atoms with Gasteiger partial charge in [0, 0.05) is 11.1 Å². The molecule has 0 bridgehead atoms. The Morgan fingerprint density at radius 3 is 2.32 bits per heavy atom. The molecule has 31 heavy (non-hydrogen) atoms. The van der Waals surface area contributed by atoms with E-state index in [1.165, 1.54) is 21.1 Å². The Morgan fingerprint density at radius 2 is 1.74 bits per heavy atom. The molecule has 9 heteroatoms. The molecule has 9 nitrogen and oxygen atoms in total. The van der Waals surface area contributed by atoms with Gasteiger partial charge in [-0.2, -0.15) is 5.01 Å². The van der Waals surface area contributed by atoms with Crippen molar-refractivity contribution >= 4 is 23.6 Å². The Bertz CT molecular complexity index is 1050. The van der Waals surface area contributed by atoms with Crippen LogP contribution in [-0.2, 0) is 21.5 Å². The fourth-order valence-electron chi connectivity index (χ4n) is 3.33. The van der Waals surface area contributed by atoms with Crippen molar-refractivity contribution in [3.05, 3.63) is 59.2 Å². The maximum Gasteiger partial charge on any atom is 0.344 e. The Labute approximate surface area is 179 Å². The number of urea groups is 1. The van der Waals surface area contributed by atoms with Gasteiger partial charge >= 0.3 is 6.03 Å². The first-order valence-electron chi connectivity index (χ1n) is 9.48. The van der Waals surface area contributed by atoms with Crippen molar-refractivity contribution in [3.63, 3.8) is 0 Å². The molecule has 1 heterocycles. The molecular weight excluding hydrogens is 402 g/mol. The highest BCUT2D eigenvalue weighted by molar-refractivity contribution is 6.08. The van der Waals surface area contributed by atoms with Crippen LogP contribution in [0.15, 0.2) is 42.5 Å². The molecule has 0 spiro atoms. The molecule has 1 aliphatic heterocycles. The number of ether oxygens (including phenoxy) is 2. The normalized spacial score (nSPS) is 17.9. The van der Waals surface area contributed by atoms with E-state index in [9.17, 15) is 19.2 Å². The molecular formula is C22H23N3O6. The van der Waals surface area contributed by atoms with Gasteiger partial charge in [0.05, 0.1) is 20.6 Å². The van der Waals surface area contributed by atoms with Gasteiger partial charge in [-0.05, 0) is 49.7 Å². The minimum absolute atomic E-state index is 0.159. The van der Waals surface area contributed by atoms with Crippen molar-refractivity contribution in [1.29, 1.82) is 0 Å². The van der Waals surface area contributed by atoms with E-state index in [4.69, 9.17) is 9.47 Å². The van der Waals surface area contributed by atoms with E-state index < -0.39 is 23.4 Å². The summed E-state index contributed by atoms with van der Waals surface area (Å²) in [5.41, 5.74) is 2.42. The summed E-state index contributed by atoms with van der Waals surface area (Å²) in [6, 6.07) is 10.7. The second-order valence-electron chi connectivity index (χ2n) is 7.22. The zero-order valence-corrected chi connectivity index (χ0v) is 17.6. The van der Waals surface area contributed by atoms with Crippen LogP contribution in [0.2, 0.25) is 0 Å². The van der Waals surface area contributed by atoms with E-state index in [1.54, 1.807) is 49.4 Å². The lowest BCUT2D eigenvalue weighted by Gasteiger charge is -2.22. The van der Waals surface area contributed by atoms with Gasteiger partial charge in [0.15, 0.2) is 5.78 Å². The number of methoxy groups -OCH3 is 2. The second kappa shape index (κ2) is 8.47. The predicted molar refractivity (Wildman–Crippen MR) is 111 cm³/mol. The van der Waals surface area contributed by atoms with Gasteiger partial charge in [-0.15, -0.1) is 0 Å². The number of hydrazine groups is 1. The van der Waals surface area contributed by atoms with Crippen LogP contribution in [0.25, 0.3) is 0 Å². The maximum absolute atomic E-state index is 13.0. The Kier molecular flexibility index (Phi) is 5.96. The van der Waals surface area contributed by atoms with Crippen LogP contribution in [0.1, 0.15) is 35.3 Å². The molecule has 1 atom stereocenters. The van der Waals surface area contributed by atoms with E-state index in [1.807, 2.05) is 0 Å². The second-order valence-corrected chi connectivity index (χ2v) is 7.22. The third kappa shape index (κ3) is 4.20. The van der Waals surface area contributed by atoms with Crippen LogP contribution < -0.4 is 20.2 Å². The number of Topliss-reactive ketones (excluding diaryl/α,β-unsaturated/α-hetero) is 1. The number of rotatable bonds is 7. The molecule has 0 aliphatic carbocycles. The summed E-state index contributed by atoms with van der Waals surface area (Å²) in [5.74, 6) is -0.368. The Hall–Kier alpha value is -3.88. The van der Waals surface area contributed by atoms with Gasteiger partial charge in [0.1, 0.15) is 17.0 Å². The summed E-state index contributed by atoms with van der Waals surface area (Å²) < 4.78 is 10.4. The fraction of sp³-hybridized carbons (Fsp3) is 0.273.